The van der Waals surface area contributed by atoms with Gasteiger partial charge in [-0.1, -0.05) is 41.2 Å². The third-order valence-electron chi connectivity index (χ3n) is 6.73. The van der Waals surface area contributed by atoms with Crippen molar-refractivity contribution < 1.29 is 4.42 Å². The number of rotatable bonds is 2. The zero-order valence-corrected chi connectivity index (χ0v) is 16.7. The second kappa shape index (κ2) is 5.89. The molecule has 3 aliphatic rings. The molecule has 5 atom stereocenters. The lowest BCUT2D eigenvalue weighted by molar-refractivity contribution is 0.285. The number of H-pyrrole nitrogens is 1. The predicted molar refractivity (Wildman–Crippen MR) is 110 cm³/mol. The molecule has 0 amide bonds. The summed E-state index contributed by atoms with van der Waals surface area (Å²) < 4.78 is 6.41. The van der Waals surface area contributed by atoms with E-state index >= 15 is 0 Å². The Bertz CT molecular complexity index is 1060. The van der Waals surface area contributed by atoms with E-state index in [0.29, 0.717) is 11.2 Å². The first-order chi connectivity index (χ1) is 13.2. The van der Waals surface area contributed by atoms with Gasteiger partial charge in [-0.3, -0.25) is 4.79 Å². The molecule has 0 saturated heterocycles. The second-order valence-electron chi connectivity index (χ2n) is 8.25. The highest BCUT2D eigenvalue weighted by Gasteiger charge is 2.55. The van der Waals surface area contributed by atoms with Gasteiger partial charge in [0, 0.05) is 10.8 Å². The summed E-state index contributed by atoms with van der Waals surface area (Å²) in [5, 5.41) is 1.72. The van der Waals surface area contributed by atoms with Crippen LogP contribution in [0.4, 0.5) is 0 Å². The highest BCUT2D eigenvalue weighted by Crippen LogP contribution is 2.63. The van der Waals surface area contributed by atoms with E-state index in [1.165, 1.54) is 41.0 Å². The Hall–Kier alpha value is -1.72. The van der Waals surface area contributed by atoms with E-state index in [1.807, 2.05) is 11.8 Å². The van der Waals surface area contributed by atoms with Crippen LogP contribution in [0.5, 0.6) is 0 Å². The molecule has 1 aromatic carbocycles. The number of hydrogen-bond acceptors (Lipinski definition) is 4. The van der Waals surface area contributed by atoms with Crippen LogP contribution in [-0.2, 0) is 0 Å². The number of benzene rings is 1. The lowest BCUT2D eigenvalue weighted by Crippen LogP contribution is -2.33. The zero-order valence-electron chi connectivity index (χ0n) is 15.1. The van der Waals surface area contributed by atoms with E-state index in [0.717, 1.165) is 33.9 Å². The van der Waals surface area contributed by atoms with Crippen LogP contribution in [0, 0.1) is 24.7 Å². The number of hydrogen-bond donors (Lipinski definition) is 1. The molecule has 2 bridgehead atoms. The van der Waals surface area contributed by atoms with E-state index in [1.54, 1.807) is 0 Å². The first-order valence-electron chi connectivity index (χ1n) is 9.74. The maximum atomic E-state index is 12.1. The van der Waals surface area contributed by atoms with E-state index in [2.05, 4.69) is 48.3 Å². The van der Waals surface area contributed by atoms with Gasteiger partial charge in [0.2, 0.25) is 0 Å². The van der Waals surface area contributed by atoms with Gasteiger partial charge in [0.1, 0.15) is 11.5 Å². The minimum atomic E-state index is 0.0649. The normalized spacial score (nSPS) is 31.1. The van der Waals surface area contributed by atoms with Crippen molar-refractivity contribution in [1.82, 2.24) is 4.98 Å². The van der Waals surface area contributed by atoms with Crippen molar-refractivity contribution >= 4 is 23.1 Å². The maximum absolute atomic E-state index is 12.1. The second-order valence-corrected chi connectivity index (χ2v) is 10.4. The molecular formula is C22H21NO2S2. The molecule has 0 radical (unpaired) electrons. The van der Waals surface area contributed by atoms with E-state index < -0.39 is 0 Å². The van der Waals surface area contributed by atoms with E-state index in [4.69, 9.17) is 4.42 Å². The predicted octanol–water partition coefficient (Wildman–Crippen LogP) is 5.66. The Labute approximate surface area is 166 Å². The average Bonchev–Trinajstić information content (AvgIpc) is 3.43. The molecule has 0 spiro atoms. The van der Waals surface area contributed by atoms with Crippen molar-refractivity contribution in [2.24, 2.45) is 17.8 Å². The quantitative estimate of drug-likeness (QED) is 0.609. The summed E-state index contributed by atoms with van der Waals surface area (Å²) in [6.45, 7) is 2.10. The van der Waals surface area contributed by atoms with Crippen molar-refractivity contribution in [3.8, 4) is 11.3 Å². The van der Waals surface area contributed by atoms with Crippen LogP contribution in [0.2, 0.25) is 0 Å². The monoisotopic (exact) mass is 395 g/mol. The molecule has 2 aliphatic carbocycles. The van der Waals surface area contributed by atoms with Crippen molar-refractivity contribution in [3.05, 3.63) is 62.3 Å². The Morgan fingerprint density at radius 1 is 1.07 bits per heavy atom. The van der Waals surface area contributed by atoms with Crippen LogP contribution in [0.25, 0.3) is 11.3 Å². The summed E-state index contributed by atoms with van der Waals surface area (Å²) in [5.74, 6) is 4.36. The standard InChI is InChI=1S/C22H21NO2S2/c1-11-2-4-12(5-3-11)15-8-9-16(25-15)18-17-13-6-7-14(10-13)19(17)26-21-20(18)27-22(24)23-21/h2-5,8-9,13-14,17-19H,6-7,10H2,1H3,(H,23,24). The summed E-state index contributed by atoms with van der Waals surface area (Å²) in [4.78, 5) is 16.5. The number of aromatic amines is 1. The number of nitrogens with one attached hydrogen (secondary N) is 1. The van der Waals surface area contributed by atoms with Crippen LogP contribution in [0.1, 0.15) is 41.4 Å². The third kappa shape index (κ3) is 2.44. The molecule has 3 nitrogen and oxygen atoms in total. The van der Waals surface area contributed by atoms with Crippen molar-refractivity contribution in [1.29, 1.82) is 0 Å². The fourth-order valence-corrected chi connectivity index (χ4v) is 8.43. The molecule has 6 rings (SSSR count). The van der Waals surface area contributed by atoms with Crippen LogP contribution in [-0.4, -0.2) is 10.2 Å². The fraction of sp³-hybridized carbons (Fsp3) is 0.409. The zero-order chi connectivity index (χ0) is 18.1. The summed E-state index contributed by atoms with van der Waals surface area (Å²) in [6, 6.07) is 12.7. The molecule has 2 saturated carbocycles. The minimum Gasteiger partial charge on any atom is -0.460 e. The van der Waals surface area contributed by atoms with E-state index in [9.17, 15) is 4.79 Å². The Kier molecular flexibility index (Phi) is 3.54. The lowest BCUT2D eigenvalue weighted by atomic mass is 9.77. The van der Waals surface area contributed by atoms with Crippen LogP contribution >= 0.6 is 23.1 Å². The molecule has 1 aliphatic heterocycles. The number of aryl methyl sites for hydroxylation is 1. The van der Waals surface area contributed by atoms with Crippen molar-refractivity contribution in [2.75, 3.05) is 0 Å². The molecule has 27 heavy (non-hydrogen) atoms. The molecular weight excluding hydrogens is 374 g/mol. The fourth-order valence-electron chi connectivity index (χ4n) is 5.56. The first kappa shape index (κ1) is 16.3. The summed E-state index contributed by atoms with van der Waals surface area (Å²) in [6.07, 6.45) is 4.04. The summed E-state index contributed by atoms with van der Waals surface area (Å²) in [5.41, 5.74) is 2.37. The molecule has 2 fully saturated rings. The summed E-state index contributed by atoms with van der Waals surface area (Å²) >= 11 is 3.31. The van der Waals surface area contributed by atoms with Gasteiger partial charge in [0.05, 0.1) is 15.8 Å². The Balaban J connectivity index is 1.45. The summed E-state index contributed by atoms with van der Waals surface area (Å²) in [7, 11) is 0. The largest absolute Gasteiger partial charge is 0.460 e. The highest BCUT2D eigenvalue weighted by atomic mass is 32.2. The Morgan fingerprint density at radius 3 is 2.74 bits per heavy atom. The number of furan rings is 1. The SMILES string of the molecule is Cc1ccc(-c2ccc(C3c4sc(=O)[nH]c4SC4C5CCC(C5)C34)o2)cc1. The average molecular weight is 396 g/mol. The van der Waals surface area contributed by atoms with E-state index in [-0.39, 0.29) is 10.8 Å². The minimum absolute atomic E-state index is 0.0649. The molecule has 5 heteroatoms. The molecule has 1 N–H and O–H groups in total. The van der Waals surface area contributed by atoms with Crippen molar-refractivity contribution in [2.45, 2.75) is 42.4 Å². The van der Waals surface area contributed by atoms with Gasteiger partial charge >= 0.3 is 4.87 Å². The van der Waals surface area contributed by atoms with Gasteiger partial charge in [-0.05, 0) is 56.1 Å². The van der Waals surface area contributed by atoms with Crippen molar-refractivity contribution in [3.63, 3.8) is 0 Å². The van der Waals surface area contributed by atoms with Crippen LogP contribution in [0.15, 0.2) is 50.6 Å². The van der Waals surface area contributed by atoms with Gasteiger partial charge < -0.3 is 9.40 Å². The lowest BCUT2D eigenvalue weighted by Gasteiger charge is -2.38. The van der Waals surface area contributed by atoms with Gasteiger partial charge in [-0.2, -0.15) is 0 Å². The Morgan fingerprint density at radius 2 is 1.89 bits per heavy atom. The topological polar surface area (TPSA) is 46.0 Å². The van der Waals surface area contributed by atoms with Gasteiger partial charge in [-0.25, -0.2) is 0 Å². The van der Waals surface area contributed by atoms with Gasteiger partial charge in [0.25, 0.3) is 0 Å². The molecule has 2 aromatic heterocycles. The molecule has 3 aromatic rings. The maximum Gasteiger partial charge on any atom is 0.305 e. The number of thiazole rings is 1. The third-order valence-corrected chi connectivity index (χ3v) is 9.36. The highest BCUT2D eigenvalue weighted by molar-refractivity contribution is 8.00. The molecule has 3 heterocycles. The van der Waals surface area contributed by atoms with Gasteiger partial charge in [-0.15, -0.1) is 11.8 Å². The molecule has 5 unspecified atom stereocenters. The smallest absolute Gasteiger partial charge is 0.305 e. The van der Waals surface area contributed by atoms with Crippen LogP contribution in [0.3, 0.4) is 0 Å². The molecule has 138 valence electrons. The number of aromatic nitrogens is 1. The van der Waals surface area contributed by atoms with Gasteiger partial charge in [0.15, 0.2) is 0 Å². The number of fused-ring (bicyclic) bond motifs is 6. The first-order valence-corrected chi connectivity index (χ1v) is 11.4. The number of thioether (sulfide) groups is 1. The van der Waals surface area contributed by atoms with Crippen LogP contribution < -0.4 is 4.87 Å².